The molecule has 0 aliphatic heterocycles. The van der Waals surface area contributed by atoms with Crippen LogP contribution >= 0.6 is 15.9 Å². The fraction of sp³-hybridized carbons (Fsp3) is 0.294. The molecule has 0 heterocycles. The molecule has 2 nitrogen and oxygen atoms in total. The van der Waals surface area contributed by atoms with Crippen LogP contribution in [0.4, 0.5) is 0 Å². The summed E-state index contributed by atoms with van der Waals surface area (Å²) in [7, 11) is 1.50. The molecule has 0 radical (unpaired) electrons. The molecule has 0 aromatic heterocycles. The minimum absolute atomic E-state index is 0.789. The predicted molar refractivity (Wildman–Crippen MR) is 84.6 cm³/mol. The molecular formula is C17H19BrO2. The summed E-state index contributed by atoms with van der Waals surface area (Å²) in [5.41, 5.74) is 3.36. The highest BCUT2D eigenvalue weighted by molar-refractivity contribution is 9.10. The number of methoxy groups -OCH3 is 1. The van der Waals surface area contributed by atoms with E-state index in [1.807, 2.05) is 18.2 Å². The molecule has 2 rings (SSSR count). The number of halogens is 1. The molecule has 2 aromatic rings. The van der Waals surface area contributed by atoms with Crippen LogP contribution < -0.4 is 0 Å². The molecule has 0 amide bonds. The maximum Gasteiger partial charge on any atom is 0.180 e. The van der Waals surface area contributed by atoms with Crippen LogP contribution in [-0.4, -0.2) is 12.2 Å². The first kappa shape index (κ1) is 15.2. The summed E-state index contributed by atoms with van der Waals surface area (Å²) in [6, 6.07) is 16.5. The third kappa shape index (κ3) is 4.44. The summed E-state index contributed by atoms with van der Waals surface area (Å²) >= 11 is 3.48. The molecule has 0 aliphatic carbocycles. The minimum Gasteiger partial charge on any atom is -0.364 e. The Morgan fingerprint density at radius 3 is 2.45 bits per heavy atom. The van der Waals surface area contributed by atoms with Crippen LogP contribution in [0, 0.1) is 0 Å². The van der Waals surface area contributed by atoms with E-state index in [0.29, 0.717) is 0 Å². The van der Waals surface area contributed by atoms with Gasteiger partial charge >= 0.3 is 0 Å². The number of ether oxygens (including phenoxy) is 1. The number of aryl methyl sites for hydroxylation is 2. The predicted octanol–water partition coefficient (Wildman–Crippen LogP) is 4.26. The number of aliphatic hydroxyl groups is 1. The third-order valence-corrected chi connectivity index (χ3v) is 3.72. The Morgan fingerprint density at radius 2 is 1.75 bits per heavy atom. The van der Waals surface area contributed by atoms with Crippen molar-refractivity contribution in [1.29, 1.82) is 0 Å². The second-order valence-corrected chi connectivity index (χ2v) is 5.74. The quantitative estimate of drug-likeness (QED) is 0.799. The van der Waals surface area contributed by atoms with Gasteiger partial charge in [0.05, 0.1) is 0 Å². The zero-order valence-electron chi connectivity index (χ0n) is 11.6. The smallest absolute Gasteiger partial charge is 0.180 e. The largest absolute Gasteiger partial charge is 0.364 e. The van der Waals surface area contributed by atoms with Crippen molar-refractivity contribution in [3.05, 3.63) is 69.7 Å². The fourth-order valence-corrected chi connectivity index (χ4v) is 2.80. The summed E-state index contributed by atoms with van der Waals surface area (Å²) in [5.74, 6) is 0. The van der Waals surface area contributed by atoms with Crippen LogP contribution in [0.3, 0.4) is 0 Å². The molecule has 0 saturated heterocycles. The number of rotatable bonds is 6. The van der Waals surface area contributed by atoms with E-state index in [4.69, 9.17) is 4.74 Å². The molecule has 0 aliphatic rings. The highest BCUT2D eigenvalue weighted by Crippen LogP contribution is 2.22. The zero-order chi connectivity index (χ0) is 14.4. The van der Waals surface area contributed by atoms with Gasteiger partial charge in [0.1, 0.15) is 0 Å². The highest BCUT2D eigenvalue weighted by Gasteiger charge is 2.08. The van der Waals surface area contributed by atoms with E-state index in [1.165, 1.54) is 18.2 Å². The molecule has 20 heavy (non-hydrogen) atoms. The van der Waals surface area contributed by atoms with Crippen molar-refractivity contribution in [2.24, 2.45) is 0 Å². The van der Waals surface area contributed by atoms with Gasteiger partial charge in [-0.2, -0.15) is 0 Å². The Bertz CT molecular complexity index is 540. The summed E-state index contributed by atoms with van der Waals surface area (Å²) in [4.78, 5) is 0. The van der Waals surface area contributed by atoms with E-state index in [2.05, 4.69) is 46.3 Å². The molecule has 0 spiro atoms. The van der Waals surface area contributed by atoms with Gasteiger partial charge in [0.15, 0.2) is 6.29 Å². The summed E-state index contributed by atoms with van der Waals surface area (Å²) in [6.45, 7) is 0. The van der Waals surface area contributed by atoms with Crippen molar-refractivity contribution in [3.63, 3.8) is 0 Å². The Hall–Kier alpha value is -1.16. The average molecular weight is 335 g/mol. The fourth-order valence-electron chi connectivity index (χ4n) is 2.24. The SMILES string of the molecule is COC(O)c1cc(Br)cc(CCCc2ccccc2)c1. The van der Waals surface area contributed by atoms with E-state index in [0.717, 1.165) is 29.3 Å². The first-order valence-corrected chi connectivity index (χ1v) is 7.52. The number of hydrogen-bond acceptors (Lipinski definition) is 2. The van der Waals surface area contributed by atoms with E-state index < -0.39 is 6.29 Å². The van der Waals surface area contributed by atoms with E-state index >= 15 is 0 Å². The number of hydrogen-bond donors (Lipinski definition) is 1. The van der Waals surface area contributed by atoms with Gasteiger partial charge in [-0.3, -0.25) is 0 Å². The lowest BCUT2D eigenvalue weighted by atomic mass is 10.0. The van der Waals surface area contributed by atoms with Gasteiger partial charge in [0, 0.05) is 17.1 Å². The van der Waals surface area contributed by atoms with Crippen molar-refractivity contribution in [2.45, 2.75) is 25.6 Å². The second kappa shape index (κ2) is 7.58. The normalized spacial score (nSPS) is 12.3. The molecule has 106 valence electrons. The van der Waals surface area contributed by atoms with Gasteiger partial charge in [-0.05, 0) is 42.5 Å². The van der Waals surface area contributed by atoms with Gasteiger partial charge in [0.2, 0.25) is 0 Å². The Kier molecular flexibility index (Phi) is 5.77. The summed E-state index contributed by atoms with van der Waals surface area (Å²) < 4.78 is 5.93. The third-order valence-electron chi connectivity index (χ3n) is 3.26. The average Bonchev–Trinajstić information content (AvgIpc) is 2.47. The van der Waals surface area contributed by atoms with Crippen LogP contribution in [0.15, 0.2) is 53.0 Å². The Balaban J connectivity index is 1.97. The molecule has 2 aromatic carbocycles. The lowest BCUT2D eigenvalue weighted by Crippen LogP contribution is -2.01. The highest BCUT2D eigenvalue weighted by atomic mass is 79.9. The van der Waals surface area contributed by atoms with Gasteiger partial charge in [-0.15, -0.1) is 0 Å². The molecular weight excluding hydrogens is 316 g/mol. The summed E-state index contributed by atoms with van der Waals surface area (Å²) in [6.07, 6.45) is 2.27. The Morgan fingerprint density at radius 1 is 1.05 bits per heavy atom. The molecule has 3 heteroatoms. The second-order valence-electron chi connectivity index (χ2n) is 4.82. The topological polar surface area (TPSA) is 29.5 Å². The number of aliphatic hydroxyl groups excluding tert-OH is 1. The Labute approximate surface area is 128 Å². The standard InChI is InChI=1S/C17H19BrO2/c1-20-17(19)15-10-14(11-16(18)12-15)9-5-8-13-6-3-2-4-7-13/h2-4,6-7,10-12,17,19H,5,8-9H2,1H3. The lowest BCUT2D eigenvalue weighted by Gasteiger charge is -2.11. The molecule has 1 unspecified atom stereocenters. The van der Waals surface area contributed by atoms with Crippen LogP contribution in [0.2, 0.25) is 0 Å². The van der Waals surface area contributed by atoms with Crippen LogP contribution in [0.5, 0.6) is 0 Å². The first-order chi connectivity index (χ1) is 9.69. The zero-order valence-corrected chi connectivity index (χ0v) is 13.1. The maximum atomic E-state index is 9.74. The van der Waals surface area contributed by atoms with Gasteiger partial charge in [-0.25, -0.2) is 0 Å². The molecule has 0 bridgehead atoms. The van der Waals surface area contributed by atoms with Crippen molar-refractivity contribution in [2.75, 3.05) is 7.11 Å². The monoisotopic (exact) mass is 334 g/mol. The van der Waals surface area contributed by atoms with Crippen molar-refractivity contribution < 1.29 is 9.84 Å². The van der Waals surface area contributed by atoms with E-state index in [-0.39, 0.29) is 0 Å². The van der Waals surface area contributed by atoms with Crippen LogP contribution in [0.1, 0.15) is 29.4 Å². The molecule has 0 saturated carbocycles. The van der Waals surface area contributed by atoms with Crippen molar-refractivity contribution in [3.8, 4) is 0 Å². The maximum absolute atomic E-state index is 9.74. The molecule has 1 atom stereocenters. The van der Waals surface area contributed by atoms with Crippen molar-refractivity contribution in [1.82, 2.24) is 0 Å². The van der Waals surface area contributed by atoms with Crippen LogP contribution in [-0.2, 0) is 17.6 Å². The van der Waals surface area contributed by atoms with E-state index in [1.54, 1.807) is 0 Å². The lowest BCUT2D eigenvalue weighted by molar-refractivity contribution is -0.0770. The van der Waals surface area contributed by atoms with E-state index in [9.17, 15) is 5.11 Å². The molecule has 0 fully saturated rings. The van der Waals surface area contributed by atoms with Gasteiger partial charge in [0.25, 0.3) is 0 Å². The minimum atomic E-state index is -0.861. The van der Waals surface area contributed by atoms with Crippen LogP contribution in [0.25, 0.3) is 0 Å². The van der Waals surface area contributed by atoms with Gasteiger partial charge in [-0.1, -0.05) is 52.3 Å². The molecule has 1 N–H and O–H groups in total. The number of benzene rings is 2. The first-order valence-electron chi connectivity index (χ1n) is 6.73. The van der Waals surface area contributed by atoms with Crippen molar-refractivity contribution >= 4 is 15.9 Å². The summed E-state index contributed by atoms with van der Waals surface area (Å²) in [5, 5.41) is 9.74. The van der Waals surface area contributed by atoms with Gasteiger partial charge < -0.3 is 9.84 Å².